The van der Waals surface area contributed by atoms with Gasteiger partial charge in [-0.05, 0) is 12.8 Å². The smallest absolute Gasteiger partial charge is 0.326 e. The summed E-state index contributed by atoms with van der Waals surface area (Å²) in [6, 6.07) is -0.806. The van der Waals surface area contributed by atoms with Crippen molar-refractivity contribution in [3.63, 3.8) is 0 Å². The van der Waals surface area contributed by atoms with Crippen LogP contribution < -0.4 is 5.32 Å². The number of aliphatic carboxylic acids is 1. The molecule has 2 aliphatic heterocycles. The average Bonchev–Trinajstić information content (AvgIpc) is 2.78. The van der Waals surface area contributed by atoms with E-state index in [1.807, 2.05) is 0 Å². The van der Waals surface area contributed by atoms with Gasteiger partial charge in [0.2, 0.25) is 5.91 Å². The Morgan fingerprint density at radius 3 is 2.88 bits per heavy atom. The minimum Gasteiger partial charge on any atom is -0.480 e. The lowest BCUT2D eigenvalue weighted by Gasteiger charge is -2.29. The molecule has 2 rings (SSSR count). The molecule has 2 N–H and O–H groups in total. The molecule has 0 aromatic rings. The summed E-state index contributed by atoms with van der Waals surface area (Å²) in [7, 11) is 0. The SMILES string of the molecule is O=C(O)[C@@H]1CCCN1C(=O)C1CSCCN1. The molecular formula is C10H16N2O3S. The van der Waals surface area contributed by atoms with Crippen LogP contribution in [-0.4, -0.2) is 58.6 Å². The van der Waals surface area contributed by atoms with Gasteiger partial charge in [0.25, 0.3) is 0 Å². The molecular weight excluding hydrogens is 228 g/mol. The highest BCUT2D eigenvalue weighted by Gasteiger charge is 2.37. The van der Waals surface area contributed by atoms with Crippen LogP contribution in [0.3, 0.4) is 0 Å². The highest BCUT2D eigenvalue weighted by molar-refractivity contribution is 7.99. The number of carboxylic acid groups (broad SMARTS) is 1. The molecule has 1 unspecified atom stereocenters. The van der Waals surface area contributed by atoms with Crippen molar-refractivity contribution in [3.05, 3.63) is 0 Å². The van der Waals surface area contributed by atoms with E-state index in [-0.39, 0.29) is 11.9 Å². The molecule has 2 aliphatic rings. The van der Waals surface area contributed by atoms with Gasteiger partial charge in [0.05, 0.1) is 6.04 Å². The number of rotatable bonds is 2. The van der Waals surface area contributed by atoms with Crippen LogP contribution in [0.4, 0.5) is 0 Å². The maximum Gasteiger partial charge on any atom is 0.326 e. The van der Waals surface area contributed by atoms with Crippen LogP contribution >= 0.6 is 11.8 Å². The number of carbonyl (C=O) groups excluding carboxylic acids is 1. The number of nitrogens with one attached hydrogen (secondary N) is 1. The van der Waals surface area contributed by atoms with E-state index in [0.717, 1.165) is 24.5 Å². The Morgan fingerprint density at radius 1 is 1.44 bits per heavy atom. The summed E-state index contributed by atoms with van der Waals surface area (Å²) in [6.07, 6.45) is 1.38. The molecule has 5 nitrogen and oxygen atoms in total. The maximum absolute atomic E-state index is 12.1. The van der Waals surface area contributed by atoms with Crippen LogP contribution in [-0.2, 0) is 9.59 Å². The van der Waals surface area contributed by atoms with Gasteiger partial charge in [0.15, 0.2) is 0 Å². The molecule has 6 heteroatoms. The van der Waals surface area contributed by atoms with Gasteiger partial charge in [-0.3, -0.25) is 4.79 Å². The topological polar surface area (TPSA) is 69.6 Å². The van der Waals surface area contributed by atoms with Gasteiger partial charge >= 0.3 is 5.97 Å². The van der Waals surface area contributed by atoms with Gasteiger partial charge in [-0.2, -0.15) is 11.8 Å². The lowest BCUT2D eigenvalue weighted by molar-refractivity contribution is -0.148. The molecule has 2 saturated heterocycles. The van der Waals surface area contributed by atoms with E-state index < -0.39 is 12.0 Å². The molecule has 0 aromatic heterocycles. The lowest BCUT2D eigenvalue weighted by atomic mass is 10.2. The molecule has 0 radical (unpaired) electrons. The second-order valence-corrected chi connectivity index (χ2v) is 5.26. The van der Waals surface area contributed by atoms with Crippen molar-refractivity contribution in [2.24, 2.45) is 0 Å². The highest BCUT2D eigenvalue weighted by atomic mass is 32.2. The molecule has 2 fully saturated rings. The monoisotopic (exact) mass is 244 g/mol. The highest BCUT2D eigenvalue weighted by Crippen LogP contribution is 2.20. The normalized spacial score (nSPS) is 30.4. The Labute approximate surface area is 98.6 Å². The fourth-order valence-electron chi connectivity index (χ4n) is 2.21. The van der Waals surface area contributed by atoms with Crippen molar-refractivity contribution in [2.75, 3.05) is 24.6 Å². The molecule has 0 spiro atoms. The number of carboxylic acids is 1. The zero-order chi connectivity index (χ0) is 11.5. The molecule has 1 amide bonds. The lowest BCUT2D eigenvalue weighted by Crippen LogP contribution is -2.53. The number of carbonyl (C=O) groups is 2. The first-order valence-corrected chi connectivity index (χ1v) is 6.70. The molecule has 16 heavy (non-hydrogen) atoms. The van der Waals surface area contributed by atoms with Crippen molar-refractivity contribution >= 4 is 23.6 Å². The third kappa shape index (κ3) is 2.32. The van der Waals surface area contributed by atoms with Gasteiger partial charge < -0.3 is 15.3 Å². The largest absolute Gasteiger partial charge is 0.480 e. The van der Waals surface area contributed by atoms with Crippen molar-refractivity contribution in [3.8, 4) is 0 Å². The minimum atomic E-state index is -0.880. The molecule has 0 bridgehead atoms. The average molecular weight is 244 g/mol. The summed E-state index contributed by atoms with van der Waals surface area (Å²) < 4.78 is 0. The first-order chi connectivity index (χ1) is 7.70. The zero-order valence-electron chi connectivity index (χ0n) is 9.02. The number of thioether (sulfide) groups is 1. The Hall–Kier alpha value is -0.750. The number of nitrogens with zero attached hydrogens (tertiary/aromatic N) is 1. The first-order valence-electron chi connectivity index (χ1n) is 5.54. The Balaban J connectivity index is 1.99. The Bertz CT molecular complexity index is 292. The van der Waals surface area contributed by atoms with Gasteiger partial charge in [-0.15, -0.1) is 0 Å². The number of hydrogen-bond donors (Lipinski definition) is 2. The van der Waals surface area contributed by atoms with E-state index in [2.05, 4.69) is 5.32 Å². The summed E-state index contributed by atoms with van der Waals surface area (Å²) in [6.45, 7) is 1.41. The van der Waals surface area contributed by atoms with Crippen molar-refractivity contribution < 1.29 is 14.7 Å². The minimum absolute atomic E-state index is 0.0444. The molecule has 0 aromatic carbocycles. The number of amides is 1. The molecule has 0 saturated carbocycles. The van der Waals surface area contributed by atoms with Crippen molar-refractivity contribution in [2.45, 2.75) is 24.9 Å². The van der Waals surface area contributed by atoms with Crippen molar-refractivity contribution in [1.29, 1.82) is 0 Å². The van der Waals surface area contributed by atoms with Gasteiger partial charge in [-0.1, -0.05) is 0 Å². The van der Waals surface area contributed by atoms with Crippen LogP contribution in [0, 0.1) is 0 Å². The Morgan fingerprint density at radius 2 is 2.25 bits per heavy atom. The third-order valence-corrected chi connectivity index (χ3v) is 4.10. The zero-order valence-corrected chi connectivity index (χ0v) is 9.83. The van der Waals surface area contributed by atoms with Gasteiger partial charge in [-0.25, -0.2) is 4.79 Å². The fourth-order valence-corrected chi connectivity index (χ4v) is 3.14. The summed E-state index contributed by atoms with van der Waals surface area (Å²) in [5.74, 6) is 0.847. The number of likely N-dealkylation sites (tertiary alicyclic amines) is 1. The maximum atomic E-state index is 12.1. The molecule has 90 valence electrons. The van der Waals surface area contributed by atoms with Crippen molar-refractivity contribution in [1.82, 2.24) is 10.2 Å². The first kappa shape index (κ1) is 11.7. The van der Waals surface area contributed by atoms with E-state index in [4.69, 9.17) is 5.11 Å². The summed E-state index contributed by atoms with van der Waals surface area (Å²) in [4.78, 5) is 24.6. The van der Waals surface area contributed by atoms with Crippen LogP contribution in [0.1, 0.15) is 12.8 Å². The third-order valence-electron chi connectivity index (χ3n) is 3.04. The standard InChI is InChI=1S/C10H16N2O3S/c13-9(7-6-16-5-3-11-7)12-4-1-2-8(12)10(14)15/h7-8,11H,1-6H2,(H,14,15)/t7?,8-/m0/s1. The predicted octanol–water partition coefficient (Wildman–Crippen LogP) is -0.233. The van der Waals surface area contributed by atoms with Crippen LogP contribution in [0.5, 0.6) is 0 Å². The predicted molar refractivity (Wildman–Crippen MR) is 61.5 cm³/mol. The molecule has 0 aliphatic carbocycles. The van der Waals surface area contributed by atoms with Gasteiger partial charge in [0.1, 0.15) is 6.04 Å². The summed E-state index contributed by atoms with van der Waals surface area (Å²) >= 11 is 1.74. The Kier molecular flexibility index (Phi) is 3.70. The van der Waals surface area contributed by atoms with E-state index >= 15 is 0 Å². The van der Waals surface area contributed by atoms with Crippen LogP contribution in [0.2, 0.25) is 0 Å². The van der Waals surface area contributed by atoms with E-state index in [0.29, 0.717) is 13.0 Å². The summed E-state index contributed by atoms with van der Waals surface area (Å²) in [5.41, 5.74) is 0. The van der Waals surface area contributed by atoms with E-state index in [1.165, 1.54) is 4.90 Å². The van der Waals surface area contributed by atoms with E-state index in [9.17, 15) is 9.59 Å². The van der Waals surface area contributed by atoms with E-state index in [1.54, 1.807) is 11.8 Å². The van der Waals surface area contributed by atoms with Crippen LogP contribution in [0.15, 0.2) is 0 Å². The second-order valence-electron chi connectivity index (χ2n) is 4.11. The summed E-state index contributed by atoms with van der Waals surface area (Å²) in [5, 5.41) is 12.2. The second kappa shape index (κ2) is 5.05. The van der Waals surface area contributed by atoms with Crippen LogP contribution in [0.25, 0.3) is 0 Å². The fraction of sp³-hybridized carbons (Fsp3) is 0.800. The molecule has 2 atom stereocenters. The molecule has 2 heterocycles. The quantitative estimate of drug-likeness (QED) is 0.702. The number of hydrogen-bond acceptors (Lipinski definition) is 4. The van der Waals surface area contributed by atoms with Gasteiger partial charge in [0, 0.05) is 24.6 Å².